The van der Waals surface area contributed by atoms with E-state index in [2.05, 4.69) is 4.98 Å². The third kappa shape index (κ3) is 2.94. The minimum atomic E-state index is -0.289. The lowest BCUT2D eigenvalue weighted by Crippen LogP contribution is -2.23. The van der Waals surface area contributed by atoms with Crippen molar-refractivity contribution in [3.63, 3.8) is 0 Å². The summed E-state index contributed by atoms with van der Waals surface area (Å²) in [5, 5.41) is 1.58. The van der Waals surface area contributed by atoms with Crippen LogP contribution in [0.3, 0.4) is 0 Å². The summed E-state index contributed by atoms with van der Waals surface area (Å²) >= 11 is 2.89. The van der Waals surface area contributed by atoms with Crippen molar-refractivity contribution in [2.24, 2.45) is 0 Å². The van der Waals surface area contributed by atoms with Gasteiger partial charge in [-0.2, -0.15) is 0 Å². The molecule has 0 saturated heterocycles. The monoisotopic (exact) mass is 371 g/mol. The maximum Gasteiger partial charge on any atom is 0.272 e. The van der Waals surface area contributed by atoms with E-state index in [-0.39, 0.29) is 11.4 Å². The number of thiophene rings is 1. The first-order valence-corrected chi connectivity index (χ1v) is 9.63. The Hall–Kier alpha value is -2.25. The van der Waals surface area contributed by atoms with Crippen molar-refractivity contribution in [2.75, 3.05) is 5.75 Å². The molecule has 0 bridgehead atoms. The molecule has 126 valence electrons. The van der Waals surface area contributed by atoms with Crippen LogP contribution in [0.4, 0.5) is 4.39 Å². The highest BCUT2D eigenvalue weighted by Crippen LogP contribution is 2.30. The smallest absolute Gasteiger partial charge is 0.272 e. The fourth-order valence-corrected chi connectivity index (χ4v) is 4.44. The van der Waals surface area contributed by atoms with Crippen LogP contribution in [0.5, 0.6) is 0 Å². The number of thioether (sulfide) groups is 1. The molecule has 7 heteroatoms. The Morgan fingerprint density at radius 1 is 1.24 bits per heavy atom. The molecule has 0 fully saturated rings. The van der Waals surface area contributed by atoms with Crippen molar-refractivity contribution in [3.8, 4) is 0 Å². The van der Waals surface area contributed by atoms with Gasteiger partial charge in [0.15, 0.2) is 5.16 Å². The fourth-order valence-electron chi connectivity index (χ4n) is 2.69. The summed E-state index contributed by atoms with van der Waals surface area (Å²) in [5.41, 5.74) is 1.50. The minimum Gasteiger partial charge on any atom is -0.282 e. The second-order valence-electron chi connectivity index (χ2n) is 5.48. The van der Waals surface area contributed by atoms with E-state index in [0.29, 0.717) is 21.9 Å². The van der Waals surface area contributed by atoms with E-state index in [1.165, 1.54) is 35.2 Å². The third-order valence-corrected chi connectivity index (χ3v) is 5.79. The van der Waals surface area contributed by atoms with Crippen molar-refractivity contribution in [1.82, 2.24) is 14.5 Å². The van der Waals surface area contributed by atoms with Crippen molar-refractivity contribution < 1.29 is 4.39 Å². The highest BCUT2D eigenvalue weighted by Gasteiger charge is 2.16. The van der Waals surface area contributed by atoms with Gasteiger partial charge in [-0.25, -0.2) is 14.4 Å². The Morgan fingerprint density at radius 2 is 2.04 bits per heavy atom. The number of hydrogen-bond acceptors (Lipinski definition) is 5. The van der Waals surface area contributed by atoms with Gasteiger partial charge in [0, 0.05) is 11.6 Å². The third-order valence-electron chi connectivity index (χ3n) is 3.85. The lowest BCUT2D eigenvalue weighted by molar-refractivity contribution is 0.623. The first kappa shape index (κ1) is 16.2. The number of benzene rings is 1. The van der Waals surface area contributed by atoms with E-state index >= 15 is 0 Å². The van der Waals surface area contributed by atoms with Crippen molar-refractivity contribution in [3.05, 3.63) is 64.3 Å². The molecular weight excluding hydrogens is 357 g/mol. The molecule has 0 aliphatic heterocycles. The van der Waals surface area contributed by atoms with Crippen LogP contribution in [-0.2, 0) is 6.54 Å². The van der Waals surface area contributed by atoms with E-state index in [1.807, 2.05) is 19.1 Å². The van der Waals surface area contributed by atoms with Crippen LogP contribution >= 0.6 is 23.1 Å². The summed E-state index contributed by atoms with van der Waals surface area (Å²) < 4.78 is 15.4. The predicted octanol–water partition coefficient (Wildman–Crippen LogP) is 4.31. The molecule has 0 saturated carbocycles. The first-order chi connectivity index (χ1) is 12.2. The van der Waals surface area contributed by atoms with E-state index in [4.69, 9.17) is 4.98 Å². The van der Waals surface area contributed by atoms with Crippen LogP contribution in [0.1, 0.15) is 12.5 Å². The van der Waals surface area contributed by atoms with Crippen LogP contribution in [0.2, 0.25) is 0 Å². The number of halogens is 1. The summed E-state index contributed by atoms with van der Waals surface area (Å²) in [7, 11) is 0. The Bertz CT molecular complexity index is 1120. The second kappa shape index (κ2) is 6.57. The van der Waals surface area contributed by atoms with E-state index in [0.717, 1.165) is 21.5 Å². The van der Waals surface area contributed by atoms with Crippen LogP contribution in [0.25, 0.3) is 20.4 Å². The minimum absolute atomic E-state index is 0.0757. The molecule has 4 nitrogen and oxygen atoms in total. The topological polar surface area (TPSA) is 47.8 Å². The molecule has 0 aliphatic rings. The van der Waals surface area contributed by atoms with Crippen molar-refractivity contribution >= 4 is 43.5 Å². The lowest BCUT2D eigenvalue weighted by atomic mass is 10.2. The molecule has 0 amide bonds. The molecule has 3 heterocycles. The molecule has 0 spiro atoms. The highest BCUT2D eigenvalue weighted by atomic mass is 32.2. The van der Waals surface area contributed by atoms with E-state index in [9.17, 15) is 9.18 Å². The Morgan fingerprint density at radius 3 is 2.80 bits per heavy atom. The molecule has 0 N–H and O–H groups in total. The maximum atomic E-state index is 13.1. The Labute approximate surface area is 151 Å². The molecule has 0 unspecified atom stereocenters. The molecule has 4 aromatic rings. The van der Waals surface area contributed by atoms with Gasteiger partial charge in [-0.05, 0) is 35.6 Å². The molecule has 0 aliphatic carbocycles. The highest BCUT2D eigenvalue weighted by molar-refractivity contribution is 7.99. The molecular formula is C18H14FN3OS2. The Balaban J connectivity index is 1.93. The van der Waals surface area contributed by atoms with E-state index in [1.54, 1.807) is 22.9 Å². The molecule has 0 atom stereocenters. The number of nitrogens with zero attached hydrogens (tertiary/aromatic N) is 3. The molecule has 3 aromatic heterocycles. The van der Waals surface area contributed by atoms with Crippen molar-refractivity contribution in [2.45, 2.75) is 18.6 Å². The number of aromatic nitrogens is 3. The van der Waals surface area contributed by atoms with Crippen molar-refractivity contribution in [1.29, 1.82) is 0 Å². The van der Waals surface area contributed by atoms with Gasteiger partial charge in [0.1, 0.15) is 15.3 Å². The number of pyridine rings is 1. The average Bonchev–Trinajstić information content (AvgIpc) is 2.99. The summed E-state index contributed by atoms with van der Waals surface area (Å²) in [5.74, 6) is 0.519. The van der Waals surface area contributed by atoms with Gasteiger partial charge in [0.2, 0.25) is 0 Å². The second-order valence-corrected chi connectivity index (χ2v) is 7.71. The van der Waals surface area contributed by atoms with Crippen LogP contribution in [0, 0.1) is 5.82 Å². The zero-order valence-electron chi connectivity index (χ0n) is 13.4. The quantitative estimate of drug-likeness (QED) is 0.396. The van der Waals surface area contributed by atoms with Gasteiger partial charge in [-0.3, -0.25) is 9.36 Å². The summed E-state index contributed by atoms with van der Waals surface area (Å²) in [4.78, 5) is 23.0. The van der Waals surface area contributed by atoms with Gasteiger partial charge in [-0.1, -0.05) is 30.8 Å². The number of rotatable bonds is 4. The maximum absolute atomic E-state index is 13.1. The summed E-state index contributed by atoms with van der Waals surface area (Å²) in [6.45, 7) is 2.39. The molecule has 0 radical (unpaired) electrons. The van der Waals surface area contributed by atoms with E-state index < -0.39 is 0 Å². The molecule has 1 aromatic carbocycles. The molecule has 25 heavy (non-hydrogen) atoms. The zero-order valence-corrected chi connectivity index (χ0v) is 15.0. The van der Waals surface area contributed by atoms with Gasteiger partial charge >= 0.3 is 0 Å². The first-order valence-electron chi connectivity index (χ1n) is 7.82. The largest absolute Gasteiger partial charge is 0.282 e. The number of hydrogen-bond donors (Lipinski definition) is 0. The number of fused-ring (bicyclic) bond motifs is 3. The average molecular weight is 371 g/mol. The normalized spacial score (nSPS) is 11.4. The van der Waals surface area contributed by atoms with Crippen LogP contribution < -0.4 is 5.56 Å². The summed E-state index contributed by atoms with van der Waals surface area (Å²) in [6.07, 6.45) is 1.72. The lowest BCUT2D eigenvalue weighted by Gasteiger charge is -2.11. The fraction of sp³-hybridized carbons (Fsp3) is 0.167. The van der Waals surface area contributed by atoms with Gasteiger partial charge in [-0.15, -0.1) is 11.3 Å². The van der Waals surface area contributed by atoms with Gasteiger partial charge < -0.3 is 0 Å². The standard InChI is InChI=1S/C18H14FN3OS2/c1-2-24-18-21-14-13-4-3-9-20-16(13)25-15(14)17(23)22(18)10-11-5-7-12(19)8-6-11/h3-9H,2,10H2,1H3. The molecule has 4 rings (SSSR count). The Kier molecular flexibility index (Phi) is 4.27. The SMILES string of the molecule is CCSc1nc2c(sc3ncccc32)c(=O)n1Cc1ccc(F)cc1. The summed E-state index contributed by atoms with van der Waals surface area (Å²) in [6, 6.07) is 9.99. The van der Waals surface area contributed by atoms with Crippen LogP contribution in [-0.4, -0.2) is 20.3 Å². The van der Waals surface area contributed by atoms with Gasteiger partial charge in [0.05, 0.1) is 12.1 Å². The predicted molar refractivity (Wildman–Crippen MR) is 101 cm³/mol. The van der Waals surface area contributed by atoms with Crippen LogP contribution in [0.15, 0.2) is 52.5 Å². The zero-order chi connectivity index (χ0) is 17.4. The van der Waals surface area contributed by atoms with Gasteiger partial charge in [0.25, 0.3) is 5.56 Å².